The van der Waals surface area contributed by atoms with Crippen molar-refractivity contribution in [2.75, 3.05) is 4.90 Å². The molecule has 0 aromatic carbocycles. The van der Waals surface area contributed by atoms with Crippen LogP contribution in [0.4, 0.5) is 10.6 Å². The molecule has 0 radical (unpaired) electrons. The van der Waals surface area contributed by atoms with E-state index in [1.54, 1.807) is 33.0 Å². The third-order valence-corrected chi connectivity index (χ3v) is 3.62. The standard InChI is InChI=1S/C15H15BrClN5O3/c1-15(2,3)25-14(23)21(8-11-18-4-5-24-11)12-10-6-9(16)7-22(10)20-13(17)19-12/h4-7H,8H2,1-3H3. The first-order chi connectivity index (χ1) is 11.7. The first-order valence-electron chi connectivity index (χ1n) is 7.33. The van der Waals surface area contributed by atoms with E-state index < -0.39 is 11.7 Å². The molecule has 0 saturated heterocycles. The highest BCUT2D eigenvalue weighted by Crippen LogP contribution is 2.27. The van der Waals surface area contributed by atoms with Gasteiger partial charge in [-0.1, -0.05) is 0 Å². The summed E-state index contributed by atoms with van der Waals surface area (Å²) >= 11 is 9.40. The maximum atomic E-state index is 12.8. The number of aromatic nitrogens is 4. The number of fused-ring (bicyclic) bond motifs is 1. The Labute approximate surface area is 156 Å². The van der Waals surface area contributed by atoms with Crippen LogP contribution >= 0.6 is 27.5 Å². The van der Waals surface area contributed by atoms with Gasteiger partial charge in [-0.25, -0.2) is 14.3 Å². The van der Waals surface area contributed by atoms with Crippen molar-refractivity contribution in [3.63, 3.8) is 0 Å². The maximum absolute atomic E-state index is 12.8. The average Bonchev–Trinajstić information content (AvgIpc) is 3.10. The van der Waals surface area contributed by atoms with Crippen LogP contribution in [0.15, 0.2) is 33.6 Å². The van der Waals surface area contributed by atoms with Crippen molar-refractivity contribution in [1.29, 1.82) is 0 Å². The summed E-state index contributed by atoms with van der Waals surface area (Å²) < 4.78 is 13.1. The first-order valence-corrected chi connectivity index (χ1v) is 8.50. The van der Waals surface area contributed by atoms with Gasteiger partial charge in [0, 0.05) is 10.7 Å². The highest BCUT2D eigenvalue weighted by atomic mass is 79.9. The fourth-order valence-electron chi connectivity index (χ4n) is 2.13. The van der Waals surface area contributed by atoms with Gasteiger partial charge in [-0.05, 0) is 54.4 Å². The summed E-state index contributed by atoms with van der Waals surface area (Å²) in [5, 5.41) is 4.09. The van der Waals surface area contributed by atoms with E-state index in [1.165, 1.54) is 21.9 Å². The summed E-state index contributed by atoms with van der Waals surface area (Å²) in [5.41, 5.74) is -0.101. The number of rotatable bonds is 3. The number of carbonyl (C=O) groups excluding carboxylic acids is 1. The molecule has 3 heterocycles. The molecule has 3 rings (SSSR count). The number of ether oxygens (including phenoxy) is 1. The molecule has 0 unspecified atom stereocenters. The van der Waals surface area contributed by atoms with E-state index in [1.807, 2.05) is 0 Å². The van der Waals surface area contributed by atoms with Crippen molar-refractivity contribution in [2.24, 2.45) is 0 Å². The van der Waals surface area contributed by atoms with Crippen LogP contribution < -0.4 is 4.90 Å². The predicted octanol–water partition coefficient (Wildman–Crippen LogP) is 4.07. The van der Waals surface area contributed by atoms with Crippen LogP contribution in [0.1, 0.15) is 26.7 Å². The summed E-state index contributed by atoms with van der Waals surface area (Å²) in [4.78, 5) is 22.3. The second kappa shape index (κ2) is 6.64. The van der Waals surface area contributed by atoms with E-state index in [-0.39, 0.29) is 17.6 Å². The van der Waals surface area contributed by atoms with E-state index >= 15 is 0 Å². The molecule has 0 fully saturated rings. The summed E-state index contributed by atoms with van der Waals surface area (Å²) in [6, 6.07) is 1.78. The fraction of sp³-hybridized carbons (Fsp3) is 0.333. The molecule has 25 heavy (non-hydrogen) atoms. The number of nitrogens with zero attached hydrogens (tertiary/aromatic N) is 5. The zero-order valence-electron chi connectivity index (χ0n) is 13.7. The Morgan fingerprint density at radius 3 is 2.88 bits per heavy atom. The number of hydrogen-bond acceptors (Lipinski definition) is 6. The monoisotopic (exact) mass is 427 g/mol. The molecule has 0 aliphatic heterocycles. The van der Waals surface area contributed by atoms with E-state index in [0.717, 1.165) is 4.47 Å². The number of halogens is 2. The molecule has 132 valence electrons. The zero-order valence-corrected chi connectivity index (χ0v) is 16.1. The second-order valence-corrected chi connectivity index (χ2v) is 7.44. The Kier molecular flexibility index (Phi) is 4.70. The average molecular weight is 429 g/mol. The number of oxazole rings is 1. The topological polar surface area (TPSA) is 85.8 Å². The molecule has 10 heteroatoms. The molecule has 0 bridgehead atoms. The van der Waals surface area contributed by atoms with Crippen molar-refractivity contribution < 1.29 is 13.9 Å². The highest BCUT2D eigenvalue weighted by Gasteiger charge is 2.28. The van der Waals surface area contributed by atoms with Crippen LogP contribution in [0.3, 0.4) is 0 Å². The summed E-state index contributed by atoms with van der Waals surface area (Å²) in [6.45, 7) is 5.38. The van der Waals surface area contributed by atoms with Crippen molar-refractivity contribution in [2.45, 2.75) is 32.9 Å². The number of carbonyl (C=O) groups is 1. The normalized spacial score (nSPS) is 11.7. The third-order valence-electron chi connectivity index (χ3n) is 3.03. The van der Waals surface area contributed by atoms with Crippen molar-refractivity contribution >= 4 is 45.0 Å². The molecule has 0 N–H and O–H groups in total. The van der Waals surface area contributed by atoms with Crippen LogP contribution in [0.25, 0.3) is 5.52 Å². The van der Waals surface area contributed by atoms with Gasteiger partial charge in [0.1, 0.15) is 23.9 Å². The Bertz CT molecular complexity index is 904. The lowest BCUT2D eigenvalue weighted by Crippen LogP contribution is -2.37. The largest absolute Gasteiger partial charge is 0.447 e. The van der Waals surface area contributed by atoms with Gasteiger partial charge in [0.2, 0.25) is 11.2 Å². The summed E-state index contributed by atoms with van der Waals surface area (Å²) in [5.74, 6) is 0.627. The Morgan fingerprint density at radius 2 is 2.24 bits per heavy atom. The predicted molar refractivity (Wildman–Crippen MR) is 94.6 cm³/mol. The maximum Gasteiger partial charge on any atom is 0.416 e. The van der Waals surface area contributed by atoms with E-state index in [0.29, 0.717) is 11.4 Å². The minimum atomic E-state index is -0.679. The summed E-state index contributed by atoms with van der Waals surface area (Å²) in [6.07, 6.45) is 4.04. The molecule has 3 aromatic rings. The van der Waals surface area contributed by atoms with Crippen LogP contribution in [0.2, 0.25) is 5.28 Å². The van der Waals surface area contributed by atoms with Gasteiger partial charge < -0.3 is 9.15 Å². The molecular weight excluding hydrogens is 414 g/mol. The fourth-order valence-corrected chi connectivity index (χ4v) is 2.71. The Hall–Kier alpha value is -2.13. The highest BCUT2D eigenvalue weighted by molar-refractivity contribution is 9.10. The van der Waals surface area contributed by atoms with Gasteiger partial charge in [0.25, 0.3) is 0 Å². The van der Waals surface area contributed by atoms with Gasteiger partial charge >= 0.3 is 6.09 Å². The van der Waals surface area contributed by atoms with Crippen LogP contribution in [-0.2, 0) is 11.3 Å². The van der Waals surface area contributed by atoms with Gasteiger partial charge in [-0.15, -0.1) is 5.10 Å². The molecule has 8 nitrogen and oxygen atoms in total. The lowest BCUT2D eigenvalue weighted by molar-refractivity contribution is 0.0573. The SMILES string of the molecule is CC(C)(C)OC(=O)N(Cc1ncco1)c1nc(Cl)nn2cc(Br)cc12. The third kappa shape index (κ3) is 4.10. The van der Waals surface area contributed by atoms with Crippen LogP contribution in [-0.4, -0.2) is 31.3 Å². The first kappa shape index (κ1) is 17.7. The lowest BCUT2D eigenvalue weighted by Gasteiger charge is -2.26. The zero-order chi connectivity index (χ0) is 18.2. The van der Waals surface area contributed by atoms with Crippen LogP contribution in [0, 0.1) is 0 Å². The molecule has 0 atom stereocenters. The van der Waals surface area contributed by atoms with Gasteiger partial charge in [0.05, 0.1) is 6.20 Å². The quantitative estimate of drug-likeness (QED) is 0.625. The Morgan fingerprint density at radius 1 is 1.48 bits per heavy atom. The number of hydrogen-bond donors (Lipinski definition) is 0. The minimum Gasteiger partial charge on any atom is -0.447 e. The number of amides is 1. The number of anilines is 1. The molecule has 0 saturated carbocycles. The van der Waals surface area contributed by atoms with Crippen molar-refractivity contribution in [1.82, 2.24) is 19.6 Å². The molecular formula is C15H15BrClN5O3. The van der Waals surface area contributed by atoms with E-state index in [9.17, 15) is 4.79 Å². The van der Waals surface area contributed by atoms with E-state index in [2.05, 4.69) is 31.0 Å². The summed E-state index contributed by atoms with van der Waals surface area (Å²) in [7, 11) is 0. The van der Waals surface area contributed by atoms with Gasteiger partial charge in [-0.3, -0.25) is 4.90 Å². The van der Waals surface area contributed by atoms with Crippen molar-refractivity contribution in [3.05, 3.63) is 40.4 Å². The second-order valence-electron chi connectivity index (χ2n) is 6.18. The lowest BCUT2D eigenvalue weighted by atomic mass is 10.2. The van der Waals surface area contributed by atoms with Crippen molar-refractivity contribution in [3.8, 4) is 0 Å². The van der Waals surface area contributed by atoms with Crippen LogP contribution in [0.5, 0.6) is 0 Å². The molecule has 0 spiro atoms. The molecule has 3 aromatic heterocycles. The smallest absolute Gasteiger partial charge is 0.416 e. The molecule has 1 amide bonds. The molecule has 0 aliphatic rings. The van der Waals surface area contributed by atoms with Gasteiger partial charge in [0.15, 0.2) is 5.82 Å². The molecule has 0 aliphatic carbocycles. The van der Waals surface area contributed by atoms with E-state index in [4.69, 9.17) is 20.8 Å². The Balaban J connectivity index is 2.09. The van der Waals surface area contributed by atoms with Gasteiger partial charge in [-0.2, -0.15) is 4.98 Å². The minimum absolute atomic E-state index is 0.00781.